The van der Waals surface area contributed by atoms with E-state index >= 15 is 0 Å². The van der Waals surface area contributed by atoms with Crippen LogP contribution in [0, 0.1) is 35.2 Å². The fourth-order valence-corrected chi connectivity index (χ4v) is 6.02. The monoisotopic (exact) mass is 480 g/mol. The van der Waals surface area contributed by atoms with Crippen molar-refractivity contribution in [3.8, 4) is 5.75 Å². The Balaban J connectivity index is 1.31. The molecule has 2 aromatic rings. The van der Waals surface area contributed by atoms with E-state index in [1.807, 2.05) is 0 Å². The Labute approximate surface area is 198 Å². The van der Waals surface area contributed by atoms with Gasteiger partial charge in [0.05, 0.1) is 5.56 Å². The SMILES string of the molecule is CCC[C@H]1CC[C@H]([C@H]2CC[C@H](c3ccc(OC(F)(F)c4cc(F)c(F)c(F)c4)cc3)CC2)CC1. The Morgan fingerprint density at radius 1 is 0.794 bits per heavy atom. The van der Waals surface area contributed by atoms with E-state index in [0.29, 0.717) is 5.92 Å². The molecule has 4 rings (SSSR count). The molecular weight excluding hydrogens is 447 g/mol. The van der Waals surface area contributed by atoms with Crippen molar-refractivity contribution < 1.29 is 26.7 Å². The van der Waals surface area contributed by atoms with E-state index in [1.165, 1.54) is 63.5 Å². The van der Waals surface area contributed by atoms with Crippen LogP contribution >= 0.6 is 0 Å². The van der Waals surface area contributed by atoms with Gasteiger partial charge in [-0.15, -0.1) is 0 Å². The first-order chi connectivity index (χ1) is 16.3. The minimum atomic E-state index is -3.99. The minimum absolute atomic E-state index is 0.114. The smallest absolute Gasteiger partial charge is 0.426 e. The van der Waals surface area contributed by atoms with Gasteiger partial charge < -0.3 is 4.74 Å². The standard InChI is InChI=1S/C28H33F5O/c1-2-3-18-4-6-19(7-5-18)20-8-10-21(11-9-20)22-12-14-24(15-13-22)34-28(32,33)23-16-25(29)27(31)26(30)17-23/h12-21H,2-11H2,1H3/t18-,19-,20-,21-. The fourth-order valence-electron chi connectivity index (χ4n) is 6.02. The lowest BCUT2D eigenvalue weighted by Gasteiger charge is -2.38. The lowest BCUT2D eigenvalue weighted by molar-refractivity contribution is -0.185. The van der Waals surface area contributed by atoms with Crippen LogP contribution in [0.5, 0.6) is 5.75 Å². The summed E-state index contributed by atoms with van der Waals surface area (Å²) in [5, 5.41) is 0. The molecule has 0 atom stereocenters. The van der Waals surface area contributed by atoms with Gasteiger partial charge in [0, 0.05) is 0 Å². The molecule has 0 unspecified atom stereocenters. The van der Waals surface area contributed by atoms with Crippen LogP contribution < -0.4 is 4.74 Å². The van der Waals surface area contributed by atoms with E-state index in [-0.39, 0.29) is 17.9 Å². The Hall–Kier alpha value is -2.11. The number of rotatable bonds is 7. The van der Waals surface area contributed by atoms with Crippen molar-refractivity contribution in [3.05, 3.63) is 65.0 Å². The van der Waals surface area contributed by atoms with Crippen LogP contribution in [0.25, 0.3) is 0 Å². The molecule has 0 aliphatic heterocycles. The second-order valence-corrected chi connectivity index (χ2v) is 10.1. The van der Waals surface area contributed by atoms with Crippen LogP contribution in [0.1, 0.15) is 88.2 Å². The molecular formula is C28H33F5O. The van der Waals surface area contributed by atoms with Crippen LogP contribution in [0.3, 0.4) is 0 Å². The van der Waals surface area contributed by atoms with Gasteiger partial charge in [-0.1, -0.05) is 44.7 Å². The molecule has 0 heterocycles. The summed E-state index contributed by atoms with van der Waals surface area (Å²) in [6.07, 6.45) is 8.76. The third-order valence-electron chi connectivity index (χ3n) is 7.94. The highest BCUT2D eigenvalue weighted by Gasteiger charge is 2.37. The zero-order valence-electron chi connectivity index (χ0n) is 19.6. The second-order valence-electron chi connectivity index (χ2n) is 10.1. The van der Waals surface area contributed by atoms with Crippen molar-refractivity contribution >= 4 is 0 Å². The van der Waals surface area contributed by atoms with E-state index in [1.54, 1.807) is 12.1 Å². The lowest BCUT2D eigenvalue weighted by atomic mass is 9.68. The molecule has 0 amide bonds. The van der Waals surface area contributed by atoms with E-state index in [4.69, 9.17) is 4.74 Å². The van der Waals surface area contributed by atoms with Crippen molar-refractivity contribution in [2.75, 3.05) is 0 Å². The normalized spacial score (nSPS) is 25.8. The van der Waals surface area contributed by atoms with Crippen molar-refractivity contribution in [3.63, 3.8) is 0 Å². The molecule has 0 spiro atoms. The molecule has 2 aliphatic carbocycles. The van der Waals surface area contributed by atoms with Gasteiger partial charge in [0.1, 0.15) is 5.75 Å². The van der Waals surface area contributed by atoms with Gasteiger partial charge in [-0.25, -0.2) is 13.2 Å². The average Bonchev–Trinajstić information content (AvgIpc) is 2.83. The summed E-state index contributed by atoms with van der Waals surface area (Å²) in [4.78, 5) is 0. The maximum absolute atomic E-state index is 14.4. The zero-order valence-corrected chi connectivity index (χ0v) is 19.6. The number of hydrogen-bond acceptors (Lipinski definition) is 1. The molecule has 2 aliphatic rings. The van der Waals surface area contributed by atoms with Crippen molar-refractivity contribution in [1.82, 2.24) is 0 Å². The number of hydrogen-bond donors (Lipinski definition) is 0. The van der Waals surface area contributed by atoms with Crippen LogP contribution in [0.4, 0.5) is 22.0 Å². The van der Waals surface area contributed by atoms with Gasteiger partial charge in [-0.2, -0.15) is 8.78 Å². The van der Waals surface area contributed by atoms with Gasteiger partial charge in [0.15, 0.2) is 17.5 Å². The first-order valence-corrected chi connectivity index (χ1v) is 12.6. The Bertz CT molecular complexity index is 919. The Kier molecular flexibility index (Phi) is 7.83. The molecule has 186 valence electrons. The topological polar surface area (TPSA) is 9.23 Å². The molecule has 34 heavy (non-hydrogen) atoms. The molecule has 1 nitrogen and oxygen atoms in total. The maximum Gasteiger partial charge on any atom is 0.426 e. The van der Waals surface area contributed by atoms with Gasteiger partial charge in [-0.05, 0) is 92.0 Å². The highest BCUT2D eigenvalue weighted by molar-refractivity contribution is 5.31. The molecule has 2 fully saturated rings. The molecule has 2 aromatic carbocycles. The Morgan fingerprint density at radius 2 is 1.32 bits per heavy atom. The zero-order chi connectivity index (χ0) is 24.3. The van der Waals surface area contributed by atoms with Gasteiger partial charge in [-0.3, -0.25) is 0 Å². The number of halogens is 5. The van der Waals surface area contributed by atoms with Crippen molar-refractivity contribution in [2.24, 2.45) is 17.8 Å². The summed E-state index contributed by atoms with van der Waals surface area (Å²) in [5.74, 6) is -2.28. The summed E-state index contributed by atoms with van der Waals surface area (Å²) in [6.45, 7) is 2.27. The Morgan fingerprint density at radius 3 is 1.85 bits per heavy atom. The number of benzene rings is 2. The van der Waals surface area contributed by atoms with E-state index < -0.39 is 29.1 Å². The van der Waals surface area contributed by atoms with E-state index in [2.05, 4.69) is 6.92 Å². The largest absolute Gasteiger partial charge is 0.429 e. The average molecular weight is 481 g/mol. The molecule has 0 bridgehead atoms. The lowest BCUT2D eigenvalue weighted by Crippen LogP contribution is -2.25. The second kappa shape index (κ2) is 10.7. The predicted octanol–water partition coefficient (Wildman–Crippen LogP) is 9.11. The molecule has 0 radical (unpaired) electrons. The quantitative estimate of drug-likeness (QED) is 0.284. The van der Waals surface area contributed by atoms with Crippen molar-refractivity contribution in [2.45, 2.75) is 83.2 Å². The van der Waals surface area contributed by atoms with Crippen LogP contribution in [-0.4, -0.2) is 0 Å². The predicted molar refractivity (Wildman–Crippen MR) is 122 cm³/mol. The fraction of sp³-hybridized carbons (Fsp3) is 0.571. The van der Waals surface area contributed by atoms with Crippen LogP contribution in [0.15, 0.2) is 36.4 Å². The van der Waals surface area contributed by atoms with Gasteiger partial charge in [0.25, 0.3) is 0 Å². The van der Waals surface area contributed by atoms with Crippen LogP contribution in [0.2, 0.25) is 0 Å². The third-order valence-corrected chi connectivity index (χ3v) is 7.94. The number of ether oxygens (including phenoxy) is 1. The molecule has 0 saturated heterocycles. The van der Waals surface area contributed by atoms with Gasteiger partial charge in [0.2, 0.25) is 0 Å². The first-order valence-electron chi connectivity index (χ1n) is 12.6. The molecule has 2 saturated carbocycles. The summed E-state index contributed by atoms with van der Waals surface area (Å²) in [6, 6.07) is 7.00. The summed E-state index contributed by atoms with van der Waals surface area (Å²) in [7, 11) is 0. The highest BCUT2D eigenvalue weighted by atomic mass is 19.3. The molecule has 0 N–H and O–H groups in total. The summed E-state index contributed by atoms with van der Waals surface area (Å²) in [5.41, 5.74) is 0.0228. The number of alkyl halides is 2. The maximum atomic E-state index is 14.4. The van der Waals surface area contributed by atoms with E-state index in [9.17, 15) is 22.0 Å². The van der Waals surface area contributed by atoms with Crippen LogP contribution in [-0.2, 0) is 6.11 Å². The van der Waals surface area contributed by atoms with Crippen molar-refractivity contribution in [1.29, 1.82) is 0 Å². The summed E-state index contributed by atoms with van der Waals surface area (Å²) >= 11 is 0. The van der Waals surface area contributed by atoms with E-state index in [0.717, 1.165) is 36.2 Å². The highest BCUT2D eigenvalue weighted by Crippen LogP contribution is 2.45. The minimum Gasteiger partial charge on any atom is -0.429 e. The summed E-state index contributed by atoms with van der Waals surface area (Å²) < 4.78 is 73.3. The molecule has 6 heteroatoms. The first kappa shape index (κ1) is 25.0. The molecule has 0 aromatic heterocycles. The van der Waals surface area contributed by atoms with Gasteiger partial charge >= 0.3 is 6.11 Å². The third kappa shape index (κ3) is 5.75.